The molecule has 0 saturated heterocycles. The molecule has 0 aromatic heterocycles. The summed E-state index contributed by atoms with van der Waals surface area (Å²) in [5.41, 5.74) is 1.92. The molecule has 0 fully saturated rings. The van der Waals surface area contributed by atoms with Gasteiger partial charge in [0.05, 0.1) is 19.8 Å². The van der Waals surface area contributed by atoms with Crippen LogP contribution in [0.2, 0.25) is 0 Å². The number of carbonyl (C=O) groups is 1. The van der Waals surface area contributed by atoms with E-state index in [4.69, 9.17) is 14.2 Å². The summed E-state index contributed by atoms with van der Waals surface area (Å²) in [5.74, 6) is 0.714. The summed E-state index contributed by atoms with van der Waals surface area (Å²) in [5, 5.41) is 12.1. The number of phenols is 1. The molecular formula is C21H27NO5. The van der Waals surface area contributed by atoms with E-state index in [0.717, 1.165) is 11.1 Å². The van der Waals surface area contributed by atoms with Gasteiger partial charge >= 0.3 is 6.09 Å². The predicted octanol–water partition coefficient (Wildman–Crippen LogP) is 3.47. The van der Waals surface area contributed by atoms with E-state index in [2.05, 4.69) is 19.2 Å². The fourth-order valence-electron chi connectivity index (χ4n) is 2.60. The number of hydrogen-bond donors (Lipinski definition) is 2. The van der Waals surface area contributed by atoms with E-state index >= 15 is 0 Å². The molecule has 0 heterocycles. The molecule has 1 amide bonds. The second-order valence-electron chi connectivity index (χ2n) is 6.62. The number of phenolic OH excluding ortho intramolecular Hbond substituents is 1. The highest BCUT2D eigenvalue weighted by Gasteiger charge is 2.23. The van der Waals surface area contributed by atoms with E-state index < -0.39 is 6.09 Å². The number of methoxy groups -OCH3 is 1. The summed E-state index contributed by atoms with van der Waals surface area (Å²) in [6.07, 6.45) is -0.518. The zero-order chi connectivity index (χ0) is 19.7. The third-order valence-corrected chi connectivity index (χ3v) is 4.32. The van der Waals surface area contributed by atoms with Crippen LogP contribution in [0, 0.1) is 0 Å². The van der Waals surface area contributed by atoms with Crippen molar-refractivity contribution in [2.45, 2.75) is 19.3 Å². The molecule has 0 aliphatic heterocycles. The Labute approximate surface area is 160 Å². The highest BCUT2D eigenvalue weighted by molar-refractivity contribution is 5.70. The first kappa shape index (κ1) is 20.7. The molecule has 2 aromatic carbocycles. The van der Waals surface area contributed by atoms with Crippen LogP contribution in [0.25, 0.3) is 0 Å². The Hall–Kier alpha value is -2.57. The molecule has 0 spiro atoms. The molecule has 6 heteroatoms. The van der Waals surface area contributed by atoms with Crippen molar-refractivity contribution >= 4 is 6.09 Å². The largest absolute Gasteiger partial charge is 0.508 e. The third-order valence-electron chi connectivity index (χ3n) is 4.32. The minimum absolute atomic E-state index is 0.242. The standard InChI is InChI=1S/C21H27NO5/c1-21(2,16-4-8-18(23)9-5-16)17-6-10-19(11-7-17)27-20(24)22-12-13-26-15-14-25-3/h4-11,23H,12-15H2,1-3H3,(H,22,24). The van der Waals surface area contributed by atoms with Crippen molar-refractivity contribution < 1.29 is 24.1 Å². The zero-order valence-corrected chi connectivity index (χ0v) is 16.0. The molecule has 2 aromatic rings. The predicted molar refractivity (Wildman–Crippen MR) is 103 cm³/mol. The van der Waals surface area contributed by atoms with Gasteiger partial charge < -0.3 is 24.6 Å². The van der Waals surface area contributed by atoms with Crippen molar-refractivity contribution in [3.05, 3.63) is 59.7 Å². The van der Waals surface area contributed by atoms with Crippen molar-refractivity contribution in [3.8, 4) is 11.5 Å². The lowest BCUT2D eigenvalue weighted by Crippen LogP contribution is -2.30. The molecule has 0 aliphatic rings. The summed E-state index contributed by atoms with van der Waals surface area (Å²) >= 11 is 0. The molecular weight excluding hydrogens is 346 g/mol. The molecule has 0 aliphatic carbocycles. The molecule has 0 radical (unpaired) electrons. The molecule has 2 N–H and O–H groups in total. The Balaban J connectivity index is 1.87. The number of carbonyl (C=O) groups excluding carboxylic acids is 1. The van der Waals surface area contributed by atoms with Crippen LogP contribution in [0.3, 0.4) is 0 Å². The number of benzene rings is 2. The van der Waals surface area contributed by atoms with Gasteiger partial charge in [0, 0.05) is 19.1 Å². The first-order valence-electron chi connectivity index (χ1n) is 8.86. The van der Waals surface area contributed by atoms with E-state index in [1.165, 1.54) is 0 Å². The molecule has 146 valence electrons. The molecule has 0 atom stereocenters. The minimum Gasteiger partial charge on any atom is -0.508 e. The van der Waals surface area contributed by atoms with Gasteiger partial charge in [-0.1, -0.05) is 38.1 Å². The second kappa shape index (κ2) is 9.94. The van der Waals surface area contributed by atoms with Gasteiger partial charge in [-0.3, -0.25) is 0 Å². The van der Waals surface area contributed by atoms with Crippen LogP contribution in [-0.2, 0) is 14.9 Å². The number of nitrogens with one attached hydrogen (secondary N) is 1. The fourth-order valence-corrected chi connectivity index (χ4v) is 2.60. The van der Waals surface area contributed by atoms with Gasteiger partial charge in [-0.25, -0.2) is 4.79 Å². The smallest absolute Gasteiger partial charge is 0.412 e. The van der Waals surface area contributed by atoms with Gasteiger partial charge in [0.2, 0.25) is 0 Å². The van der Waals surface area contributed by atoms with Gasteiger partial charge in [-0.05, 0) is 35.4 Å². The summed E-state index contributed by atoms with van der Waals surface area (Å²) in [6, 6.07) is 14.6. The maximum atomic E-state index is 11.8. The number of rotatable bonds is 9. The molecule has 0 saturated carbocycles. The topological polar surface area (TPSA) is 77.0 Å². The van der Waals surface area contributed by atoms with Gasteiger partial charge in [-0.2, -0.15) is 0 Å². The minimum atomic E-state index is -0.518. The van der Waals surface area contributed by atoms with E-state index in [1.54, 1.807) is 31.4 Å². The van der Waals surface area contributed by atoms with E-state index in [-0.39, 0.29) is 11.2 Å². The lowest BCUT2D eigenvalue weighted by Gasteiger charge is -2.26. The summed E-state index contributed by atoms with van der Waals surface area (Å²) < 4.78 is 15.4. The van der Waals surface area contributed by atoms with Crippen LogP contribution < -0.4 is 10.1 Å². The van der Waals surface area contributed by atoms with Crippen LogP contribution in [-0.4, -0.2) is 44.7 Å². The molecule has 27 heavy (non-hydrogen) atoms. The van der Waals surface area contributed by atoms with Crippen LogP contribution in [0.5, 0.6) is 11.5 Å². The molecule has 0 bridgehead atoms. The molecule has 0 unspecified atom stereocenters. The van der Waals surface area contributed by atoms with E-state index in [1.807, 2.05) is 24.3 Å². The summed E-state index contributed by atoms with van der Waals surface area (Å²) in [7, 11) is 1.61. The van der Waals surface area contributed by atoms with Gasteiger partial charge in [0.25, 0.3) is 0 Å². The van der Waals surface area contributed by atoms with Gasteiger partial charge in [0.1, 0.15) is 11.5 Å². The summed E-state index contributed by atoms with van der Waals surface area (Å²) in [6.45, 7) is 5.99. The van der Waals surface area contributed by atoms with Crippen LogP contribution >= 0.6 is 0 Å². The molecule has 6 nitrogen and oxygen atoms in total. The van der Waals surface area contributed by atoms with Gasteiger partial charge in [-0.15, -0.1) is 0 Å². The lowest BCUT2D eigenvalue weighted by molar-refractivity contribution is 0.0719. The lowest BCUT2D eigenvalue weighted by atomic mass is 9.78. The van der Waals surface area contributed by atoms with Crippen molar-refractivity contribution in [2.24, 2.45) is 0 Å². The Bertz CT molecular complexity index is 710. The van der Waals surface area contributed by atoms with Crippen LogP contribution in [0.15, 0.2) is 48.5 Å². The SMILES string of the molecule is COCCOCCNC(=O)Oc1ccc(C(C)(C)c2ccc(O)cc2)cc1. The van der Waals surface area contributed by atoms with Crippen LogP contribution in [0.4, 0.5) is 4.79 Å². The Morgan fingerprint density at radius 3 is 2.15 bits per heavy atom. The normalized spacial score (nSPS) is 11.2. The van der Waals surface area contributed by atoms with E-state index in [0.29, 0.717) is 32.1 Å². The first-order chi connectivity index (χ1) is 12.9. The van der Waals surface area contributed by atoms with Gasteiger partial charge in [0.15, 0.2) is 0 Å². The number of ether oxygens (including phenoxy) is 3. The number of hydrogen-bond acceptors (Lipinski definition) is 5. The van der Waals surface area contributed by atoms with Crippen LogP contribution in [0.1, 0.15) is 25.0 Å². The Kier molecular flexibility index (Phi) is 7.64. The van der Waals surface area contributed by atoms with Crippen molar-refractivity contribution in [1.29, 1.82) is 0 Å². The number of amides is 1. The Morgan fingerprint density at radius 2 is 1.56 bits per heavy atom. The quantitative estimate of drug-likeness (QED) is 0.658. The highest BCUT2D eigenvalue weighted by Crippen LogP contribution is 2.33. The third kappa shape index (κ3) is 6.27. The van der Waals surface area contributed by atoms with Crippen molar-refractivity contribution in [3.63, 3.8) is 0 Å². The first-order valence-corrected chi connectivity index (χ1v) is 8.86. The van der Waals surface area contributed by atoms with Crippen molar-refractivity contribution in [2.75, 3.05) is 33.5 Å². The number of aromatic hydroxyl groups is 1. The van der Waals surface area contributed by atoms with E-state index in [9.17, 15) is 9.90 Å². The monoisotopic (exact) mass is 373 g/mol. The maximum absolute atomic E-state index is 11.8. The maximum Gasteiger partial charge on any atom is 0.412 e. The fraction of sp³-hybridized carbons (Fsp3) is 0.381. The Morgan fingerprint density at radius 1 is 0.963 bits per heavy atom. The average Bonchev–Trinajstić information content (AvgIpc) is 2.65. The summed E-state index contributed by atoms with van der Waals surface area (Å²) in [4.78, 5) is 11.8. The second-order valence-corrected chi connectivity index (χ2v) is 6.62. The average molecular weight is 373 g/mol. The zero-order valence-electron chi connectivity index (χ0n) is 16.0. The molecule has 2 rings (SSSR count). The highest BCUT2D eigenvalue weighted by atomic mass is 16.6. The van der Waals surface area contributed by atoms with Crippen molar-refractivity contribution in [1.82, 2.24) is 5.32 Å².